The van der Waals surface area contributed by atoms with Crippen molar-refractivity contribution in [1.29, 1.82) is 0 Å². The van der Waals surface area contributed by atoms with Gasteiger partial charge in [-0.3, -0.25) is 4.79 Å². The third-order valence-electron chi connectivity index (χ3n) is 3.96. The SMILES string of the molecule is Cc1cccc([C@@H](NC(=O)C(C)(C)c2ccccc2)C(=O)O)c1. The third-order valence-corrected chi connectivity index (χ3v) is 3.96. The van der Waals surface area contributed by atoms with Crippen molar-refractivity contribution < 1.29 is 14.7 Å². The number of hydrogen-bond donors (Lipinski definition) is 2. The zero-order valence-corrected chi connectivity index (χ0v) is 13.5. The van der Waals surface area contributed by atoms with Gasteiger partial charge >= 0.3 is 5.97 Å². The van der Waals surface area contributed by atoms with Gasteiger partial charge in [-0.05, 0) is 31.9 Å². The quantitative estimate of drug-likeness (QED) is 0.891. The van der Waals surface area contributed by atoms with Gasteiger partial charge in [0.1, 0.15) is 0 Å². The molecular formula is C19H21NO3. The summed E-state index contributed by atoms with van der Waals surface area (Å²) in [4.78, 5) is 24.3. The maximum absolute atomic E-state index is 12.7. The second-order valence-corrected chi connectivity index (χ2v) is 6.15. The van der Waals surface area contributed by atoms with Gasteiger partial charge in [0.2, 0.25) is 5.91 Å². The molecule has 0 aromatic heterocycles. The third kappa shape index (κ3) is 3.77. The van der Waals surface area contributed by atoms with E-state index in [2.05, 4.69) is 5.32 Å². The number of nitrogens with one attached hydrogen (secondary N) is 1. The molecule has 2 aromatic rings. The van der Waals surface area contributed by atoms with Crippen molar-refractivity contribution >= 4 is 11.9 Å². The van der Waals surface area contributed by atoms with Crippen LogP contribution in [0.2, 0.25) is 0 Å². The highest BCUT2D eigenvalue weighted by atomic mass is 16.4. The zero-order valence-electron chi connectivity index (χ0n) is 13.5. The van der Waals surface area contributed by atoms with Crippen LogP contribution in [0.25, 0.3) is 0 Å². The van der Waals surface area contributed by atoms with E-state index in [4.69, 9.17) is 0 Å². The first-order chi connectivity index (χ1) is 10.8. The molecule has 1 atom stereocenters. The fraction of sp³-hybridized carbons (Fsp3) is 0.263. The summed E-state index contributed by atoms with van der Waals surface area (Å²) in [6.45, 7) is 5.46. The molecule has 0 spiro atoms. The van der Waals surface area contributed by atoms with Gasteiger partial charge in [0.05, 0.1) is 5.41 Å². The van der Waals surface area contributed by atoms with Crippen LogP contribution in [-0.2, 0) is 15.0 Å². The molecule has 0 aliphatic heterocycles. The Labute approximate surface area is 136 Å². The molecule has 0 saturated heterocycles. The molecule has 2 N–H and O–H groups in total. The number of rotatable bonds is 5. The Morgan fingerprint density at radius 3 is 2.26 bits per heavy atom. The highest BCUT2D eigenvalue weighted by molar-refractivity contribution is 5.91. The molecule has 0 aliphatic rings. The van der Waals surface area contributed by atoms with Gasteiger partial charge in [-0.25, -0.2) is 4.79 Å². The average molecular weight is 311 g/mol. The summed E-state index contributed by atoms with van der Waals surface area (Å²) in [5, 5.41) is 12.1. The molecule has 120 valence electrons. The summed E-state index contributed by atoms with van der Waals surface area (Å²) in [5.74, 6) is -1.40. The van der Waals surface area contributed by atoms with E-state index in [1.807, 2.05) is 43.3 Å². The van der Waals surface area contributed by atoms with Crippen molar-refractivity contribution in [1.82, 2.24) is 5.32 Å². The summed E-state index contributed by atoms with van der Waals surface area (Å²) >= 11 is 0. The highest BCUT2D eigenvalue weighted by Gasteiger charge is 2.33. The van der Waals surface area contributed by atoms with Crippen LogP contribution in [0.3, 0.4) is 0 Å². The number of carboxylic acid groups (broad SMARTS) is 1. The van der Waals surface area contributed by atoms with E-state index in [9.17, 15) is 14.7 Å². The fourth-order valence-electron chi connectivity index (χ4n) is 2.43. The second kappa shape index (κ2) is 6.65. The molecule has 0 heterocycles. The normalized spacial score (nSPS) is 12.5. The van der Waals surface area contributed by atoms with Crippen molar-refractivity contribution in [3.8, 4) is 0 Å². The minimum Gasteiger partial charge on any atom is -0.479 e. The van der Waals surface area contributed by atoms with E-state index in [1.54, 1.807) is 32.0 Å². The van der Waals surface area contributed by atoms with Crippen LogP contribution in [-0.4, -0.2) is 17.0 Å². The summed E-state index contributed by atoms with van der Waals surface area (Å²) in [7, 11) is 0. The molecule has 2 rings (SSSR count). The minimum atomic E-state index is -1.08. The van der Waals surface area contributed by atoms with E-state index in [1.165, 1.54) is 0 Å². The number of aryl methyl sites for hydroxylation is 1. The van der Waals surface area contributed by atoms with E-state index < -0.39 is 17.4 Å². The van der Waals surface area contributed by atoms with Crippen molar-refractivity contribution in [2.45, 2.75) is 32.2 Å². The van der Waals surface area contributed by atoms with E-state index >= 15 is 0 Å². The van der Waals surface area contributed by atoms with Gasteiger partial charge in [-0.2, -0.15) is 0 Å². The lowest BCUT2D eigenvalue weighted by Crippen LogP contribution is -2.44. The van der Waals surface area contributed by atoms with Gasteiger partial charge < -0.3 is 10.4 Å². The molecule has 0 fully saturated rings. The first-order valence-electron chi connectivity index (χ1n) is 7.48. The first kappa shape index (κ1) is 16.7. The van der Waals surface area contributed by atoms with E-state index in [0.717, 1.165) is 11.1 Å². The summed E-state index contributed by atoms with van der Waals surface area (Å²) in [6, 6.07) is 15.4. The number of carboxylic acids is 1. The van der Waals surface area contributed by atoms with Crippen LogP contribution in [0.5, 0.6) is 0 Å². The summed E-state index contributed by atoms with van der Waals surface area (Å²) in [5.41, 5.74) is 1.53. The lowest BCUT2D eigenvalue weighted by atomic mass is 9.83. The number of carbonyl (C=O) groups excluding carboxylic acids is 1. The lowest BCUT2D eigenvalue weighted by molar-refractivity contribution is -0.142. The molecule has 4 heteroatoms. The molecule has 0 unspecified atom stereocenters. The van der Waals surface area contributed by atoms with Crippen LogP contribution in [0, 0.1) is 6.92 Å². The van der Waals surface area contributed by atoms with Gasteiger partial charge in [-0.15, -0.1) is 0 Å². The molecule has 0 radical (unpaired) electrons. The maximum atomic E-state index is 12.7. The average Bonchev–Trinajstić information content (AvgIpc) is 2.52. The van der Waals surface area contributed by atoms with Gasteiger partial charge in [-0.1, -0.05) is 60.2 Å². The zero-order chi connectivity index (χ0) is 17.0. The largest absolute Gasteiger partial charge is 0.479 e. The van der Waals surface area contributed by atoms with Crippen molar-refractivity contribution in [3.05, 3.63) is 71.3 Å². The topological polar surface area (TPSA) is 66.4 Å². The van der Waals surface area contributed by atoms with E-state index in [0.29, 0.717) is 5.56 Å². The number of aliphatic carboxylic acids is 1. The monoisotopic (exact) mass is 311 g/mol. The number of hydrogen-bond acceptors (Lipinski definition) is 2. The summed E-state index contributed by atoms with van der Waals surface area (Å²) in [6.07, 6.45) is 0. The summed E-state index contributed by atoms with van der Waals surface area (Å²) < 4.78 is 0. The number of benzene rings is 2. The molecule has 0 aliphatic carbocycles. The predicted octanol–water partition coefficient (Wildman–Crippen LogP) is 3.21. The highest BCUT2D eigenvalue weighted by Crippen LogP contribution is 2.25. The van der Waals surface area contributed by atoms with Gasteiger partial charge in [0.15, 0.2) is 6.04 Å². The minimum absolute atomic E-state index is 0.322. The fourth-order valence-corrected chi connectivity index (χ4v) is 2.43. The predicted molar refractivity (Wildman–Crippen MR) is 89.2 cm³/mol. The van der Waals surface area contributed by atoms with Crippen LogP contribution >= 0.6 is 0 Å². The second-order valence-electron chi connectivity index (χ2n) is 6.15. The van der Waals surface area contributed by atoms with Crippen LogP contribution in [0.1, 0.15) is 36.6 Å². The van der Waals surface area contributed by atoms with Crippen LogP contribution in [0.15, 0.2) is 54.6 Å². The number of carbonyl (C=O) groups is 2. The lowest BCUT2D eigenvalue weighted by Gasteiger charge is -2.26. The molecule has 23 heavy (non-hydrogen) atoms. The van der Waals surface area contributed by atoms with Gasteiger partial charge in [0, 0.05) is 0 Å². The van der Waals surface area contributed by atoms with Gasteiger partial charge in [0.25, 0.3) is 0 Å². The van der Waals surface area contributed by atoms with E-state index in [-0.39, 0.29) is 5.91 Å². The molecule has 2 aromatic carbocycles. The molecule has 1 amide bonds. The number of amides is 1. The Morgan fingerprint density at radius 2 is 1.70 bits per heavy atom. The Morgan fingerprint density at radius 1 is 1.04 bits per heavy atom. The van der Waals surface area contributed by atoms with Crippen molar-refractivity contribution in [3.63, 3.8) is 0 Å². The molecule has 0 saturated carbocycles. The van der Waals surface area contributed by atoms with Crippen molar-refractivity contribution in [2.24, 2.45) is 0 Å². The molecular weight excluding hydrogens is 290 g/mol. The van der Waals surface area contributed by atoms with Crippen molar-refractivity contribution in [2.75, 3.05) is 0 Å². The maximum Gasteiger partial charge on any atom is 0.330 e. The van der Waals surface area contributed by atoms with Crippen LogP contribution < -0.4 is 5.32 Å². The standard InChI is InChI=1S/C19H21NO3/c1-13-8-7-9-14(12-13)16(17(21)22)20-18(23)19(2,3)15-10-5-4-6-11-15/h4-12,16H,1-3H3,(H,20,23)(H,21,22)/t16-/m1/s1. The van der Waals surface area contributed by atoms with Crippen LogP contribution in [0.4, 0.5) is 0 Å². The Bertz CT molecular complexity index is 708. The Balaban J connectivity index is 2.27. The first-order valence-corrected chi connectivity index (χ1v) is 7.48. The molecule has 4 nitrogen and oxygen atoms in total. The Hall–Kier alpha value is -2.62. The Kier molecular flexibility index (Phi) is 4.84. The molecule has 0 bridgehead atoms. The smallest absolute Gasteiger partial charge is 0.330 e.